The Morgan fingerprint density at radius 1 is 1.60 bits per heavy atom. The van der Waals surface area contributed by atoms with Crippen LogP contribution in [0.25, 0.3) is 0 Å². The Balaban J connectivity index is 3.25. The molecule has 6 heteroatoms. The van der Waals surface area contributed by atoms with Crippen LogP contribution in [0, 0.1) is 11.3 Å². The second kappa shape index (κ2) is 5.03. The lowest BCUT2D eigenvalue weighted by atomic mass is 10.1. The van der Waals surface area contributed by atoms with Crippen LogP contribution >= 0.6 is 15.9 Å². The standard InChI is InChI=1S/C9H7BrF2N2O/c10-4-5-3-7(15)6(1-2-13)14-8(5)9(11)12/h3,9,15H,1,4H2. The zero-order valence-corrected chi connectivity index (χ0v) is 9.13. The van der Waals surface area contributed by atoms with E-state index in [1.165, 1.54) is 6.07 Å². The Morgan fingerprint density at radius 2 is 2.27 bits per heavy atom. The summed E-state index contributed by atoms with van der Waals surface area (Å²) in [6.45, 7) is 0. The second-order valence-electron chi connectivity index (χ2n) is 2.77. The van der Waals surface area contributed by atoms with Crippen LogP contribution in [0.2, 0.25) is 0 Å². The molecule has 0 aliphatic heterocycles. The van der Waals surface area contributed by atoms with Crippen LogP contribution in [0.15, 0.2) is 6.07 Å². The quantitative estimate of drug-likeness (QED) is 0.864. The average Bonchev–Trinajstić information content (AvgIpc) is 2.20. The number of alkyl halides is 3. The fourth-order valence-electron chi connectivity index (χ4n) is 1.10. The Bertz CT molecular complexity index is 404. The van der Waals surface area contributed by atoms with Crippen LogP contribution < -0.4 is 0 Å². The summed E-state index contributed by atoms with van der Waals surface area (Å²) in [6.07, 6.45) is -2.90. The number of aromatic hydroxyl groups is 1. The van der Waals surface area contributed by atoms with Gasteiger partial charge >= 0.3 is 0 Å². The number of pyridine rings is 1. The van der Waals surface area contributed by atoms with Gasteiger partial charge in [0.2, 0.25) is 0 Å². The first-order valence-corrected chi connectivity index (χ1v) is 5.15. The maximum atomic E-state index is 12.5. The largest absolute Gasteiger partial charge is 0.506 e. The summed E-state index contributed by atoms with van der Waals surface area (Å²) in [6, 6.07) is 2.95. The monoisotopic (exact) mass is 276 g/mol. The van der Waals surface area contributed by atoms with E-state index >= 15 is 0 Å². The predicted octanol–water partition coefficient (Wildman–Crippen LogP) is 2.69. The normalized spacial score (nSPS) is 10.3. The first-order chi connectivity index (χ1) is 7.10. The van der Waals surface area contributed by atoms with E-state index in [2.05, 4.69) is 20.9 Å². The van der Waals surface area contributed by atoms with E-state index in [0.717, 1.165) is 0 Å². The van der Waals surface area contributed by atoms with Crippen molar-refractivity contribution in [1.82, 2.24) is 4.98 Å². The number of nitriles is 1. The summed E-state index contributed by atoms with van der Waals surface area (Å²) in [7, 11) is 0. The van der Waals surface area contributed by atoms with Crippen molar-refractivity contribution in [3.63, 3.8) is 0 Å². The minimum Gasteiger partial charge on any atom is -0.506 e. The van der Waals surface area contributed by atoms with E-state index in [0.29, 0.717) is 0 Å². The molecule has 0 aliphatic carbocycles. The van der Waals surface area contributed by atoms with Crippen LogP contribution in [-0.2, 0) is 11.8 Å². The zero-order valence-electron chi connectivity index (χ0n) is 7.54. The van der Waals surface area contributed by atoms with Crippen molar-refractivity contribution >= 4 is 15.9 Å². The number of nitrogens with zero attached hydrogens (tertiary/aromatic N) is 2. The molecule has 1 aromatic heterocycles. The molecule has 0 fully saturated rings. The minimum atomic E-state index is -2.71. The third-order valence-corrected chi connectivity index (χ3v) is 2.39. The lowest BCUT2D eigenvalue weighted by Gasteiger charge is -2.08. The molecule has 15 heavy (non-hydrogen) atoms. The third-order valence-electron chi connectivity index (χ3n) is 1.79. The van der Waals surface area contributed by atoms with Crippen LogP contribution in [-0.4, -0.2) is 10.1 Å². The van der Waals surface area contributed by atoms with Gasteiger partial charge in [0, 0.05) is 5.33 Å². The molecular formula is C9H7BrF2N2O. The van der Waals surface area contributed by atoms with Crippen molar-refractivity contribution < 1.29 is 13.9 Å². The molecule has 0 aromatic carbocycles. The van der Waals surface area contributed by atoms with Crippen molar-refractivity contribution in [1.29, 1.82) is 5.26 Å². The van der Waals surface area contributed by atoms with Gasteiger partial charge in [-0.3, -0.25) is 0 Å². The smallest absolute Gasteiger partial charge is 0.280 e. The van der Waals surface area contributed by atoms with Crippen LogP contribution in [0.4, 0.5) is 8.78 Å². The number of rotatable bonds is 3. The molecule has 0 aliphatic rings. The van der Waals surface area contributed by atoms with Gasteiger partial charge in [-0.15, -0.1) is 0 Å². The van der Waals surface area contributed by atoms with Crippen molar-refractivity contribution in [3.05, 3.63) is 23.0 Å². The molecule has 0 radical (unpaired) electrons. The molecule has 0 saturated heterocycles. The summed E-state index contributed by atoms with van der Waals surface area (Å²) in [5, 5.41) is 18.0. The first-order valence-electron chi connectivity index (χ1n) is 4.02. The highest BCUT2D eigenvalue weighted by Gasteiger charge is 2.17. The molecule has 0 unspecified atom stereocenters. The van der Waals surface area contributed by atoms with Gasteiger partial charge in [0.15, 0.2) is 0 Å². The number of halogens is 3. The van der Waals surface area contributed by atoms with Crippen molar-refractivity contribution in [2.75, 3.05) is 0 Å². The van der Waals surface area contributed by atoms with Crippen molar-refractivity contribution in [2.45, 2.75) is 18.2 Å². The van der Waals surface area contributed by atoms with Crippen molar-refractivity contribution in [2.24, 2.45) is 0 Å². The number of hydrogen-bond donors (Lipinski definition) is 1. The van der Waals surface area contributed by atoms with E-state index in [1.807, 2.05) is 0 Å². The number of hydrogen-bond acceptors (Lipinski definition) is 3. The fraction of sp³-hybridized carbons (Fsp3) is 0.333. The average molecular weight is 277 g/mol. The van der Waals surface area contributed by atoms with Gasteiger partial charge in [-0.25, -0.2) is 13.8 Å². The zero-order chi connectivity index (χ0) is 11.4. The second-order valence-corrected chi connectivity index (χ2v) is 3.33. The lowest BCUT2D eigenvalue weighted by Crippen LogP contribution is -2.01. The highest BCUT2D eigenvalue weighted by Crippen LogP contribution is 2.28. The van der Waals surface area contributed by atoms with Gasteiger partial charge < -0.3 is 5.11 Å². The van der Waals surface area contributed by atoms with E-state index in [1.54, 1.807) is 6.07 Å². The number of aromatic nitrogens is 1. The van der Waals surface area contributed by atoms with Gasteiger partial charge in [-0.2, -0.15) is 5.26 Å². The molecule has 0 amide bonds. The van der Waals surface area contributed by atoms with E-state index in [-0.39, 0.29) is 28.8 Å². The highest BCUT2D eigenvalue weighted by atomic mass is 79.9. The summed E-state index contributed by atoms with van der Waals surface area (Å²) in [5.74, 6) is -0.226. The maximum Gasteiger partial charge on any atom is 0.280 e. The summed E-state index contributed by atoms with van der Waals surface area (Å²) < 4.78 is 25.0. The maximum absolute atomic E-state index is 12.5. The lowest BCUT2D eigenvalue weighted by molar-refractivity contribution is 0.144. The molecule has 1 aromatic rings. The molecule has 80 valence electrons. The molecule has 0 bridgehead atoms. The molecule has 1 heterocycles. The van der Waals surface area contributed by atoms with Gasteiger partial charge in [0.1, 0.15) is 11.4 Å². The molecule has 0 saturated carbocycles. The SMILES string of the molecule is N#CCc1nc(C(F)F)c(CBr)cc1O. The highest BCUT2D eigenvalue weighted by molar-refractivity contribution is 9.08. The summed E-state index contributed by atoms with van der Waals surface area (Å²) in [4.78, 5) is 3.58. The third kappa shape index (κ3) is 2.63. The van der Waals surface area contributed by atoms with E-state index in [4.69, 9.17) is 5.26 Å². The Kier molecular flexibility index (Phi) is 3.97. The molecule has 1 N–H and O–H groups in total. The van der Waals surface area contributed by atoms with Crippen molar-refractivity contribution in [3.8, 4) is 11.8 Å². The van der Waals surface area contributed by atoms with Crippen LogP contribution in [0.1, 0.15) is 23.4 Å². The molecular weight excluding hydrogens is 270 g/mol. The van der Waals surface area contributed by atoms with E-state index < -0.39 is 12.1 Å². The first kappa shape index (κ1) is 11.9. The summed E-state index contributed by atoms with van der Waals surface area (Å²) >= 11 is 3.02. The Hall–Kier alpha value is -1.22. The Labute approximate surface area is 93.5 Å². The van der Waals surface area contributed by atoms with Crippen LogP contribution in [0.3, 0.4) is 0 Å². The Morgan fingerprint density at radius 3 is 2.73 bits per heavy atom. The van der Waals surface area contributed by atoms with Gasteiger partial charge in [0.05, 0.1) is 18.2 Å². The molecule has 0 atom stereocenters. The molecule has 0 spiro atoms. The minimum absolute atomic E-state index is 0.0162. The predicted molar refractivity (Wildman–Crippen MR) is 52.8 cm³/mol. The van der Waals surface area contributed by atoms with Gasteiger partial charge in [-0.1, -0.05) is 15.9 Å². The van der Waals surface area contributed by atoms with Gasteiger partial charge in [0.25, 0.3) is 6.43 Å². The summed E-state index contributed by atoms with van der Waals surface area (Å²) in [5.41, 5.74) is -0.184. The molecule has 3 nitrogen and oxygen atoms in total. The molecule has 1 rings (SSSR count). The van der Waals surface area contributed by atoms with Crippen LogP contribution in [0.5, 0.6) is 5.75 Å². The fourth-order valence-corrected chi connectivity index (χ4v) is 1.55. The van der Waals surface area contributed by atoms with E-state index in [9.17, 15) is 13.9 Å². The van der Waals surface area contributed by atoms with Gasteiger partial charge in [-0.05, 0) is 11.6 Å². The topological polar surface area (TPSA) is 56.9 Å².